The fourth-order valence-electron chi connectivity index (χ4n) is 1.58. The van der Waals surface area contributed by atoms with Crippen LogP contribution in [0.15, 0.2) is 23.1 Å². The number of hydrogen-bond acceptors (Lipinski definition) is 4. The van der Waals surface area contributed by atoms with Crippen LogP contribution < -0.4 is 10.6 Å². The van der Waals surface area contributed by atoms with Crippen molar-refractivity contribution < 1.29 is 26.4 Å². The summed E-state index contributed by atoms with van der Waals surface area (Å²) >= 11 is 0. The van der Waals surface area contributed by atoms with E-state index in [1.165, 1.54) is 6.07 Å². The molecule has 0 aliphatic carbocycles. The van der Waals surface area contributed by atoms with E-state index in [-0.39, 0.29) is 5.69 Å². The summed E-state index contributed by atoms with van der Waals surface area (Å²) in [6.45, 7) is 7.10. The molecule has 0 aliphatic heterocycles. The Morgan fingerprint density at radius 1 is 1.13 bits per heavy atom. The second-order valence-electron chi connectivity index (χ2n) is 5.89. The van der Waals surface area contributed by atoms with Crippen LogP contribution in [-0.2, 0) is 14.6 Å². The van der Waals surface area contributed by atoms with Gasteiger partial charge in [0.1, 0.15) is 0 Å². The second kappa shape index (κ2) is 6.38. The molecule has 0 unspecified atom stereocenters. The predicted molar refractivity (Wildman–Crippen MR) is 81.9 cm³/mol. The van der Waals surface area contributed by atoms with Gasteiger partial charge in [0.05, 0.1) is 16.3 Å². The van der Waals surface area contributed by atoms with Crippen LogP contribution in [0.25, 0.3) is 0 Å². The molecule has 0 aromatic heterocycles. The minimum absolute atomic E-state index is 0.0166. The first-order valence-corrected chi connectivity index (χ1v) is 8.29. The van der Waals surface area contributed by atoms with Crippen LogP contribution in [0.4, 0.5) is 24.5 Å². The molecular formula is C14H19F3N2O3S. The number of amides is 1. The minimum Gasteiger partial charge on any atom is -0.384 e. The van der Waals surface area contributed by atoms with Gasteiger partial charge in [0.25, 0.3) is 9.84 Å². The van der Waals surface area contributed by atoms with Crippen LogP contribution in [0.2, 0.25) is 0 Å². The quantitative estimate of drug-likeness (QED) is 0.871. The highest BCUT2D eigenvalue weighted by molar-refractivity contribution is 7.92. The highest BCUT2D eigenvalue weighted by Gasteiger charge is 2.47. The van der Waals surface area contributed by atoms with Crippen molar-refractivity contribution in [1.29, 1.82) is 0 Å². The maximum atomic E-state index is 12.7. The molecule has 1 rings (SSSR count). The molecule has 23 heavy (non-hydrogen) atoms. The standard InChI is InChI=1S/C14H19F3N2O3S/c1-5-18-10-7-6-9(23(21,22)14(15,16)17)8-11(10)19-12(20)13(2,3)4/h6-8,18H,5H2,1-4H3,(H,19,20). The van der Waals surface area contributed by atoms with Crippen LogP contribution in [0.1, 0.15) is 27.7 Å². The summed E-state index contributed by atoms with van der Waals surface area (Å²) in [5.41, 5.74) is -5.87. The van der Waals surface area contributed by atoms with Crippen LogP contribution in [-0.4, -0.2) is 26.4 Å². The fraction of sp³-hybridized carbons (Fsp3) is 0.500. The Kier molecular flexibility index (Phi) is 5.35. The molecule has 2 N–H and O–H groups in total. The van der Waals surface area contributed by atoms with Crippen molar-refractivity contribution in [2.45, 2.75) is 38.1 Å². The average molecular weight is 352 g/mol. The maximum Gasteiger partial charge on any atom is 0.501 e. The van der Waals surface area contributed by atoms with Crippen LogP contribution in [0.5, 0.6) is 0 Å². The lowest BCUT2D eigenvalue weighted by Gasteiger charge is -2.20. The summed E-state index contributed by atoms with van der Waals surface area (Å²) in [5.74, 6) is -0.446. The Labute approximate surface area is 133 Å². The molecule has 0 radical (unpaired) electrons. The van der Waals surface area contributed by atoms with Gasteiger partial charge < -0.3 is 10.6 Å². The number of alkyl halides is 3. The molecule has 0 saturated heterocycles. The number of carbonyl (C=O) groups is 1. The number of halogens is 3. The van der Waals surface area contributed by atoms with Crippen molar-refractivity contribution in [1.82, 2.24) is 0 Å². The zero-order valence-electron chi connectivity index (χ0n) is 13.2. The lowest BCUT2D eigenvalue weighted by atomic mass is 9.95. The third-order valence-corrected chi connectivity index (χ3v) is 4.39. The van der Waals surface area contributed by atoms with Gasteiger partial charge >= 0.3 is 5.51 Å². The summed E-state index contributed by atoms with van der Waals surface area (Å²) in [6.07, 6.45) is 0. The molecule has 1 aromatic rings. The highest BCUT2D eigenvalue weighted by Crippen LogP contribution is 2.34. The first-order valence-electron chi connectivity index (χ1n) is 6.81. The van der Waals surface area contributed by atoms with Gasteiger partial charge in [-0.05, 0) is 25.1 Å². The third-order valence-electron chi connectivity index (χ3n) is 2.90. The van der Waals surface area contributed by atoms with E-state index < -0.39 is 31.6 Å². The van der Waals surface area contributed by atoms with Crippen molar-refractivity contribution in [3.8, 4) is 0 Å². The van der Waals surface area contributed by atoms with Crippen molar-refractivity contribution in [3.63, 3.8) is 0 Å². The molecule has 0 fully saturated rings. The number of nitrogens with one attached hydrogen (secondary N) is 2. The SMILES string of the molecule is CCNc1ccc(S(=O)(=O)C(F)(F)F)cc1NC(=O)C(C)(C)C. The Bertz CT molecular complexity index is 692. The molecular weight excluding hydrogens is 333 g/mol. The number of hydrogen-bond donors (Lipinski definition) is 2. The lowest BCUT2D eigenvalue weighted by molar-refractivity contribution is -0.123. The number of rotatable bonds is 4. The van der Waals surface area contributed by atoms with E-state index in [9.17, 15) is 26.4 Å². The van der Waals surface area contributed by atoms with Gasteiger partial charge in [0.15, 0.2) is 0 Å². The second-order valence-corrected chi connectivity index (χ2v) is 7.83. The summed E-state index contributed by atoms with van der Waals surface area (Å²) in [7, 11) is -5.48. The molecule has 0 heterocycles. The largest absolute Gasteiger partial charge is 0.501 e. The van der Waals surface area contributed by atoms with E-state index in [0.29, 0.717) is 12.2 Å². The van der Waals surface area contributed by atoms with Crippen molar-refractivity contribution in [3.05, 3.63) is 18.2 Å². The summed E-state index contributed by atoms with van der Waals surface area (Å²) in [4.78, 5) is 11.1. The molecule has 0 atom stereocenters. The maximum absolute atomic E-state index is 12.7. The average Bonchev–Trinajstić information content (AvgIpc) is 2.38. The first kappa shape index (κ1) is 19.3. The van der Waals surface area contributed by atoms with Gasteiger partial charge in [-0.25, -0.2) is 8.42 Å². The number of anilines is 2. The summed E-state index contributed by atoms with van der Waals surface area (Å²) < 4.78 is 61.0. The van der Waals surface area contributed by atoms with Crippen molar-refractivity contribution >= 4 is 27.1 Å². The number of benzene rings is 1. The Morgan fingerprint density at radius 3 is 2.13 bits per heavy atom. The summed E-state index contributed by atoms with van der Waals surface area (Å²) in [5, 5.41) is 5.33. The van der Waals surface area contributed by atoms with Gasteiger partial charge in [-0.2, -0.15) is 13.2 Å². The zero-order valence-corrected chi connectivity index (χ0v) is 14.0. The Morgan fingerprint density at radius 2 is 1.70 bits per heavy atom. The molecule has 0 bridgehead atoms. The van der Waals surface area contributed by atoms with E-state index in [1.54, 1.807) is 27.7 Å². The van der Waals surface area contributed by atoms with Gasteiger partial charge in [-0.1, -0.05) is 20.8 Å². The minimum atomic E-state index is -5.48. The molecule has 0 saturated carbocycles. The van der Waals surface area contributed by atoms with E-state index in [4.69, 9.17) is 0 Å². The zero-order chi connectivity index (χ0) is 18.1. The number of carbonyl (C=O) groups excluding carboxylic acids is 1. The van der Waals surface area contributed by atoms with E-state index in [2.05, 4.69) is 10.6 Å². The Hall–Kier alpha value is -1.77. The van der Waals surface area contributed by atoms with Gasteiger partial charge in [-0.15, -0.1) is 0 Å². The molecule has 0 spiro atoms. The Balaban J connectivity index is 3.37. The third kappa shape index (κ3) is 4.37. The van der Waals surface area contributed by atoms with Gasteiger partial charge in [0, 0.05) is 12.0 Å². The topological polar surface area (TPSA) is 75.3 Å². The van der Waals surface area contributed by atoms with E-state index in [1.807, 2.05) is 0 Å². The first-order chi connectivity index (χ1) is 10.3. The van der Waals surface area contributed by atoms with Crippen LogP contribution in [0, 0.1) is 5.41 Å². The molecule has 0 aliphatic rings. The van der Waals surface area contributed by atoms with Crippen molar-refractivity contribution in [2.75, 3.05) is 17.2 Å². The summed E-state index contributed by atoms with van der Waals surface area (Å²) in [6, 6.07) is 2.86. The molecule has 9 heteroatoms. The van der Waals surface area contributed by atoms with Gasteiger partial charge in [-0.3, -0.25) is 4.79 Å². The lowest BCUT2D eigenvalue weighted by Crippen LogP contribution is -2.28. The fourth-order valence-corrected chi connectivity index (χ4v) is 2.37. The van der Waals surface area contributed by atoms with Crippen LogP contribution in [0.3, 0.4) is 0 Å². The smallest absolute Gasteiger partial charge is 0.384 e. The number of sulfone groups is 1. The molecule has 1 aromatic carbocycles. The van der Waals surface area contributed by atoms with Crippen LogP contribution >= 0.6 is 0 Å². The monoisotopic (exact) mass is 352 g/mol. The molecule has 5 nitrogen and oxygen atoms in total. The highest BCUT2D eigenvalue weighted by atomic mass is 32.2. The molecule has 130 valence electrons. The predicted octanol–water partition coefficient (Wildman–Crippen LogP) is 3.40. The van der Waals surface area contributed by atoms with E-state index >= 15 is 0 Å². The van der Waals surface area contributed by atoms with E-state index in [0.717, 1.165) is 12.1 Å². The molecule has 1 amide bonds. The normalized spacial score (nSPS) is 12.8. The van der Waals surface area contributed by atoms with Crippen molar-refractivity contribution in [2.24, 2.45) is 5.41 Å². The van der Waals surface area contributed by atoms with Gasteiger partial charge in [0.2, 0.25) is 5.91 Å².